The zero-order chi connectivity index (χ0) is 38.6. The Morgan fingerprint density at radius 3 is 1.23 bits per heavy atom. The second kappa shape index (κ2) is 44.0. The molecule has 0 aliphatic heterocycles. The molecule has 0 rings (SSSR count). The van der Waals surface area contributed by atoms with Crippen molar-refractivity contribution in [2.24, 2.45) is 0 Å². The number of esters is 2. The Bertz CT molecular complexity index is 930. The molecule has 1 atom stereocenters. The fraction of sp³-hybridized carbons (Fsp3) is 0.750. The van der Waals surface area contributed by atoms with Gasteiger partial charge in [0.25, 0.3) is 0 Å². The van der Waals surface area contributed by atoms with E-state index in [4.69, 9.17) is 9.47 Å². The molecule has 0 aromatic carbocycles. The zero-order valence-corrected chi connectivity index (χ0v) is 34.8. The number of rotatable bonds is 40. The van der Waals surface area contributed by atoms with E-state index in [1.165, 1.54) is 116 Å². The standard InChI is InChI=1S/C48H84O5/c1-3-5-7-9-11-13-15-17-19-20-21-22-23-24-25-26-27-28-29-31-33-35-37-39-41-43-48(51)53-46(44-49)45-52-47(50)42-40-38-36-34-32-30-18-16-14-12-10-8-6-4-2/h5,7,11,13,17,19,21-22,24-25,46,49H,3-4,6,8-10,12,14-16,18,20,23,26-45H2,1-2H3/b7-5-,13-11-,19-17-,22-21-,25-24-. The molecule has 5 heteroatoms. The molecule has 0 fully saturated rings. The molecule has 0 aromatic heterocycles. The maximum absolute atomic E-state index is 12.2. The molecule has 1 unspecified atom stereocenters. The van der Waals surface area contributed by atoms with Crippen LogP contribution >= 0.6 is 0 Å². The van der Waals surface area contributed by atoms with Crippen molar-refractivity contribution in [3.05, 3.63) is 60.8 Å². The van der Waals surface area contributed by atoms with Gasteiger partial charge in [-0.15, -0.1) is 0 Å². The van der Waals surface area contributed by atoms with E-state index in [-0.39, 0.29) is 25.2 Å². The first-order chi connectivity index (χ1) is 26.1. The third-order valence-corrected chi connectivity index (χ3v) is 9.58. The van der Waals surface area contributed by atoms with Crippen LogP contribution in [0.2, 0.25) is 0 Å². The average Bonchev–Trinajstić information content (AvgIpc) is 3.16. The van der Waals surface area contributed by atoms with Crippen molar-refractivity contribution >= 4 is 11.9 Å². The Morgan fingerprint density at radius 2 is 0.811 bits per heavy atom. The van der Waals surface area contributed by atoms with Crippen LogP contribution in [0.4, 0.5) is 0 Å². The predicted molar refractivity (Wildman–Crippen MR) is 228 cm³/mol. The highest BCUT2D eigenvalue weighted by Crippen LogP contribution is 2.15. The number of allylic oxidation sites excluding steroid dienone is 10. The van der Waals surface area contributed by atoms with Crippen molar-refractivity contribution in [2.75, 3.05) is 13.2 Å². The molecule has 0 spiro atoms. The summed E-state index contributed by atoms with van der Waals surface area (Å²) in [7, 11) is 0. The Morgan fingerprint density at radius 1 is 0.453 bits per heavy atom. The molecule has 0 aliphatic carbocycles. The molecule has 0 heterocycles. The zero-order valence-electron chi connectivity index (χ0n) is 34.8. The summed E-state index contributed by atoms with van der Waals surface area (Å²) in [5.41, 5.74) is 0. The highest BCUT2D eigenvalue weighted by atomic mass is 16.6. The third-order valence-electron chi connectivity index (χ3n) is 9.58. The summed E-state index contributed by atoms with van der Waals surface area (Å²) in [4.78, 5) is 24.3. The van der Waals surface area contributed by atoms with Crippen molar-refractivity contribution in [3.8, 4) is 0 Å². The molecule has 0 bridgehead atoms. The Labute approximate surface area is 328 Å². The molecule has 0 saturated carbocycles. The molecular formula is C48H84O5. The summed E-state index contributed by atoms with van der Waals surface area (Å²) in [5, 5.41) is 9.58. The van der Waals surface area contributed by atoms with Crippen LogP contribution < -0.4 is 0 Å². The van der Waals surface area contributed by atoms with Crippen LogP contribution in [0.25, 0.3) is 0 Å². The second-order valence-electron chi connectivity index (χ2n) is 14.8. The quantitative estimate of drug-likeness (QED) is 0.0385. The molecule has 0 aromatic rings. The Hall–Kier alpha value is -2.40. The van der Waals surface area contributed by atoms with Gasteiger partial charge in [0.05, 0.1) is 6.61 Å². The van der Waals surface area contributed by atoms with E-state index in [2.05, 4.69) is 74.6 Å². The van der Waals surface area contributed by atoms with Gasteiger partial charge in [-0.3, -0.25) is 9.59 Å². The predicted octanol–water partition coefficient (Wildman–Crippen LogP) is 14.3. The van der Waals surface area contributed by atoms with E-state index >= 15 is 0 Å². The van der Waals surface area contributed by atoms with Gasteiger partial charge in [0.15, 0.2) is 6.10 Å². The normalized spacial score (nSPS) is 12.7. The molecule has 0 saturated heterocycles. The first-order valence-corrected chi connectivity index (χ1v) is 22.3. The maximum atomic E-state index is 12.2. The lowest BCUT2D eigenvalue weighted by atomic mass is 10.0. The fourth-order valence-corrected chi connectivity index (χ4v) is 6.23. The van der Waals surface area contributed by atoms with Crippen molar-refractivity contribution in [1.82, 2.24) is 0 Å². The van der Waals surface area contributed by atoms with Crippen molar-refractivity contribution in [2.45, 2.75) is 219 Å². The van der Waals surface area contributed by atoms with Gasteiger partial charge in [0, 0.05) is 12.8 Å². The number of carbonyl (C=O) groups excluding carboxylic acids is 2. The van der Waals surface area contributed by atoms with Crippen LogP contribution in [-0.2, 0) is 19.1 Å². The largest absolute Gasteiger partial charge is 0.462 e. The minimum absolute atomic E-state index is 0.0675. The summed E-state index contributed by atoms with van der Waals surface area (Å²) in [6.07, 6.45) is 57.2. The van der Waals surface area contributed by atoms with Gasteiger partial charge < -0.3 is 14.6 Å². The summed E-state index contributed by atoms with van der Waals surface area (Å²) >= 11 is 0. The van der Waals surface area contributed by atoms with Crippen LogP contribution in [0, 0.1) is 0 Å². The number of unbranched alkanes of at least 4 members (excludes halogenated alkanes) is 22. The number of ether oxygens (including phenoxy) is 2. The SMILES string of the molecule is CC/C=C\C/C=C\C/C=C\C/C=C\C/C=C\CCCCCCCCCCCC(=O)OC(CO)COC(=O)CCCCCCCCCCCCCCCC. The number of hydrogen-bond acceptors (Lipinski definition) is 5. The van der Waals surface area contributed by atoms with Gasteiger partial charge in [0.2, 0.25) is 0 Å². The minimum atomic E-state index is -0.774. The van der Waals surface area contributed by atoms with Gasteiger partial charge in [0.1, 0.15) is 6.61 Å². The molecule has 0 amide bonds. The first kappa shape index (κ1) is 50.6. The smallest absolute Gasteiger partial charge is 0.306 e. The van der Waals surface area contributed by atoms with Gasteiger partial charge in [-0.05, 0) is 57.8 Å². The summed E-state index contributed by atoms with van der Waals surface area (Å²) in [6.45, 7) is 4.03. The Balaban J connectivity index is 3.55. The molecule has 1 N–H and O–H groups in total. The average molecular weight is 741 g/mol. The lowest BCUT2D eigenvalue weighted by Crippen LogP contribution is -2.28. The molecule has 0 radical (unpaired) electrons. The van der Waals surface area contributed by atoms with E-state index < -0.39 is 6.10 Å². The van der Waals surface area contributed by atoms with E-state index in [0.717, 1.165) is 70.6 Å². The highest BCUT2D eigenvalue weighted by Gasteiger charge is 2.16. The van der Waals surface area contributed by atoms with Crippen LogP contribution in [0.3, 0.4) is 0 Å². The van der Waals surface area contributed by atoms with Crippen molar-refractivity contribution in [1.29, 1.82) is 0 Å². The lowest BCUT2D eigenvalue weighted by Gasteiger charge is -2.15. The molecule has 5 nitrogen and oxygen atoms in total. The lowest BCUT2D eigenvalue weighted by molar-refractivity contribution is -0.161. The van der Waals surface area contributed by atoms with Crippen LogP contribution in [-0.4, -0.2) is 36.4 Å². The fourth-order valence-electron chi connectivity index (χ4n) is 6.23. The maximum Gasteiger partial charge on any atom is 0.306 e. The monoisotopic (exact) mass is 741 g/mol. The number of hydrogen-bond donors (Lipinski definition) is 1. The van der Waals surface area contributed by atoms with Gasteiger partial charge in [-0.25, -0.2) is 0 Å². The van der Waals surface area contributed by atoms with E-state index in [1.807, 2.05) is 0 Å². The molecule has 0 aliphatic rings. The second-order valence-corrected chi connectivity index (χ2v) is 14.8. The van der Waals surface area contributed by atoms with Gasteiger partial charge in [-0.2, -0.15) is 0 Å². The molecular weight excluding hydrogens is 657 g/mol. The Kier molecular flexibility index (Phi) is 42.0. The number of carbonyl (C=O) groups is 2. The van der Waals surface area contributed by atoms with Gasteiger partial charge in [-0.1, -0.05) is 203 Å². The van der Waals surface area contributed by atoms with Crippen LogP contribution in [0.15, 0.2) is 60.8 Å². The number of aliphatic hydroxyl groups is 1. The van der Waals surface area contributed by atoms with Gasteiger partial charge >= 0.3 is 11.9 Å². The summed E-state index contributed by atoms with van der Waals surface area (Å²) in [5.74, 6) is -0.594. The summed E-state index contributed by atoms with van der Waals surface area (Å²) < 4.78 is 10.6. The highest BCUT2D eigenvalue weighted by molar-refractivity contribution is 5.70. The minimum Gasteiger partial charge on any atom is -0.462 e. The van der Waals surface area contributed by atoms with Crippen molar-refractivity contribution in [3.63, 3.8) is 0 Å². The van der Waals surface area contributed by atoms with Crippen molar-refractivity contribution < 1.29 is 24.2 Å². The van der Waals surface area contributed by atoms with E-state index in [1.54, 1.807) is 0 Å². The van der Waals surface area contributed by atoms with E-state index in [9.17, 15) is 14.7 Å². The molecule has 306 valence electrons. The first-order valence-electron chi connectivity index (χ1n) is 22.3. The number of aliphatic hydroxyl groups excluding tert-OH is 1. The summed E-state index contributed by atoms with van der Waals surface area (Å²) in [6, 6.07) is 0. The third kappa shape index (κ3) is 42.2. The van der Waals surface area contributed by atoms with Crippen LogP contribution in [0.1, 0.15) is 213 Å². The molecule has 53 heavy (non-hydrogen) atoms. The van der Waals surface area contributed by atoms with E-state index in [0.29, 0.717) is 12.8 Å². The van der Waals surface area contributed by atoms with Crippen LogP contribution in [0.5, 0.6) is 0 Å². The topological polar surface area (TPSA) is 72.8 Å².